The van der Waals surface area contributed by atoms with Crippen LogP contribution in [0.2, 0.25) is 5.02 Å². The number of benzene rings is 1. The SMILES string of the molecule is CN(C)S(=O)(=O)NCCCCc1ccccc1Cl. The largest absolute Gasteiger partial charge is 0.278 e. The predicted molar refractivity (Wildman–Crippen MR) is 75.0 cm³/mol. The van der Waals surface area contributed by atoms with E-state index in [1.165, 1.54) is 18.4 Å². The first-order chi connectivity index (χ1) is 8.43. The highest BCUT2D eigenvalue weighted by atomic mass is 35.5. The maximum absolute atomic E-state index is 11.4. The maximum Gasteiger partial charge on any atom is 0.278 e. The van der Waals surface area contributed by atoms with Crippen LogP contribution in [0.3, 0.4) is 0 Å². The summed E-state index contributed by atoms with van der Waals surface area (Å²) >= 11 is 6.03. The van der Waals surface area contributed by atoms with Crippen molar-refractivity contribution in [3.8, 4) is 0 Å². The van der Waals surface area contributed by atoms with E-state index in [1.54, 1.807) is 0 Å². The first kappa shape index (κ1) is 15.4. The molecule has 4 nitrogen and oxygen atoms in total. The van der Waals surface area contributed by atoms with E-state index in [4.69, 9.17) is 11.6 Å². The van der Waals surface area contributed by atoms with E-state index >= 15 is 0 Å². The molecule has 0 amide bonds. The summed E-state index contributed by atoms with van der Waals surface area (Å²) in [7, 11) is -0.282. The molecule has 1 rings (SSSR count). The van der Waals surface area contributed by atoms with Gasteiger partial charge >= 0.3 is 0 Å². The van der Waals surface area contributed by atoms with E-state index in [2.05, 4.69) is 4.72 Å². The van der Waals surface area contributed by atoms with Crippen molar-refractivity contribution in [1.29, 1.82) is 0 Å². The van der Waals surface area contributed by atoms with Crippen LogP contribution in [0, 0.1) is 0 Å². The van der Waals surface area contributed by atoms with Gasteiger partial charge in [-0.3, -0.25) is 0 Å². The van der Waals surface area contributed by atoms with Crippen LogP contribution in [0.4, 0.5) is 0 Å². The van der Waals surface area contributed by atoms with E-state index < -0.39 is 10.2 Å². The van der Waals surface area contributed by atoms with Crippen molar-refractivity contribution >= 4 is 21.8 Å². The summed E-state index contributed by atoms with van der Waals surface area (Å²) in [5, 5.41) is 0.770. The van der Waals surface area contributed by atoms with Crippen molar-refractivity contribution in [2.24, 2.45) is 0 Å². The minimum absolute atomic E-state index is 0.449. The summed E-state index contributed by atoms with van der Waals surface area (Å²) in [5.74, 6) is 0. The standard InChI is InChI=1S/C12H19ClN2O2S/c1-15(2)18(16,17)14-10-6-5-8-11-7-3-4-9-12(11)13/h3-4,7,9,14H,5-6,8,10H2,1-2H3. The van der Waals surface area contributed by atoms with Crippen molar-refractivity contribution in [3.63, 3.8) is 0 Å². The van der Waals surface area contributed by atoms with Gasteiger partial charge in [0, 0.05) is 25.7 Å². The van der Waals surface area contributed by atoms with Crippen LogP contribution in [0.5, 0.6) is 0 Å². The molecule has 0 aromatic heterocycles. The smallest absolute Gasteiger partial charge is 0.202 e. The zero-order valence-corrected chi connectivity index (χ0v) is 12.3. The van der Waals surface area contributed by atoms with E-state index in [0.717, 1.165) is 29.8 Å². The van der Waals surface area contributed by atoms with Gasteiger partial charge in [0.15, 0.2) is 0 Å². The molecule has 0 saturated carbocycles. The minimum Gasteiger partial charge on any atom is -0.202 e. The van der Waals surface area contributed by atoms with Crippen LogP contribution in [0.1, 0.15) is 18.4 Å². The molecule has 1 aromatic rings. The van der Waals surface area contributed by atoms with Crippen LogP contribution in [0.25, 0.3) is 0 Å². The van der Waals surface area contributed by atoms with Gasteiger partial charge in [0.25, 0.3) is 10.2 Å². The highest BCUT2D eigenvalue weighted by Gasteiger charge is 2.11. The molecule has 0 bridgehead atoms. The van der Waals surface area contributed by atoms with Gasteiger partial charge in [-0.1, -0.05) is 29.8 Å². The van der Waals surface area contributed by atoms with E-state index in [-0.39, 0.29) is 0 Å². The van der Waals surface area contributed by atoms with Crippen LogP contribution in [-0.4, -0.2) is 33.4 Å². The first-order valence-corrected chi connectivity index (χ1v) is 7.66. The number of rotatable bonds is 7. The number of halogens is 1. The lowest BCUT2D eigenvalue weighted by Gasteiger charge is -2.12. The van der Waals surface area contributed by atoms with Crippen LogP contribution in [-0.2, 0) is 16.6 Å². The number of nitrogens with one attached hydrogen (secondary N) is 1. The summed E-state index contributed by atoms with van der Waals surface area (Å²) in [6, 6.07) is 7.71. The second kappa shape index (κ2) is 7.09. The second-order valence-corrected chi connectivity index (χ2v) is 6.61. The van der Waals surface area contributed by atoms with Crippen molar-refractivity contribution < 1.29 is 8.42 Å². The highest BCUT2D eigenvalue weighted by molar-refractivity contribution is 7.87. The van der Waals surface area contributed by atoms with E-state index in [0.29, 0.717) is 6.54 Å². The third-order valence-electron chi connectivity index (χ3n) is 2.60. The molecule has 0 heterocycles. The Labute approximate surface area is 114 Å². The molecule has 0 fully saturated rings. The summed E-state index contributed by atoms with van der Waals surface area (Å²) in [6.07, 6.45) is 2.56. The maximum atomic E-state index is 11.4. The Hall–Kier alpha value is -0.620. The number of aryl methyl sites for hydroxylation is 1. The Morgan fingerprint density at radius 1 is 1.22 bits per heavy atom. The summed E-state index contributed by atoms with van der Waals surface area (Å²) in [4.78, 5) is 0. The number of nitrogens with zero attached hydrogens (tertiary/aromatic N) is 1. The second-order valence-electron chi connectivity index (χ2n) is 4.23. The van der Waals surface area contributed by atoms with Crippen molar-refractivity contribution in [1.82, 2.24) is 9.03 Å². The number of unbranched alkanes of at least 4 members (excludes halogenated alkanes) is 1. The van der Waals surface area contributed by atoms with Gasteiger partial charge in [-0.2, -0.15) is 12.7 Å². The topological polar surface area (TPSA) is 49.4 Å². The molecule has 0 saturated heterocycles. The molecule has 6 heteroatoms. The zero-order valence-electron chi connectivity index (χ0n) is 10.7. The molecule has 0 aliphatic rings. The summed E-state index contributed by atoms with van der Waals surface area (Å²) < 4.78 is 26.5. The van der Waals surface area contributed by atoms with Crippen molar-refractivity contribution in [2.75, 3.05) is 20.6 Å². The fourth-order valence-corrected chi connectivity index (χ4v) is 2.36. The molecule has 0 radical (unpaired) electrons. The molecular formula is C12H19ClN2O2S. The van der Waals surface area contributed by atoms with Gasteiger partial charge in [-0.25, -0.2) is 4.72 Å². The van der Waals surface area contributed by atoms with Crippen LogP contribution < -0.4 is 4.72 Å². The Morgan fingerprint density at radius 3 is 2.50 bits per heavy atom. The quantitative estimate of drug-likeness (QED) is 0.782. The highest BCUT2D eigenvalue weighted by Crippen LogP contribution is 2.16. The van der Waals surface area contributed by atoms with Crippen molar-refractivity contribution in [2.45, 2.75) is 19.3 Å². The van der Waals surface area contributed by atoms with Gasteiger partial charge in [0.05, 0.1) is 0 Å². The lowest BCUT2D eigenvalue weighted by Crippen LogP contribution is -2.36. The van der Waals surface area contributed by atoms with Gasteiger partial charge in [-0.05, 0) is 30.9 Å². The molecule has 1 N–H and O–H groups in total. The van der Waals surface area contributed by atoms with Crippen LogP contribution >= 0.6 is 11.6 Å². The Balaban J connectivity index is 2.26. The molecule has 102 valence electrons. The molecular weight excluding hydrogens is 272 g/mol. The first-order valence-electron chi connectivity index (χ1n) is 5.84. The lowest BCUT2D eigenvalue weighted by atomic mass is 10.1. The van der Waals surface area contributed by atoms with Crippen LogP contribution in [0.15, 0.2) is 24.3 Å². The normalized spacial score (nSPS) is 12.0. The average Bonchev–Trinajstić information content (AvgIpc) is 2.30. The van der Waals surface area contributed by atoms with Gasteiger partial charge in [0.2, 0.25) is 0 Å². The number of hydrogen-bond donors (Lipinski definition) is 1. The molecule has 0 aliphatic heterocycles. The van der Waals surface area contributed by atoms with E-state index in [9.17, 15) is 8.42 Å². The third kappa shape index (κ3) is 4.94. The fraction of sp³-hybridized carbons (Fsp3) is 0.500. The Kier molecular flexibility index (Phi) is 6.08. The van der Waals surface area contributed by atoms with Gasteiger partial charge < -0.3 is 0 Å². The van der Waals surface area contributed by atoms with Gasteiger partial charge in [-0.15, -0.1) is 0 Å². The molecule has 0 unspecified atom stereocenters. The minimum atomic E-state index is -3.29. The fourth-order valence-electron chi connectivity index (χ4n) is 1.47. The Morgan fingerprint density at radius 2 is 1.89 bits per heavy atom. The molecule has 18 heavy (non-hydrogen) atoms. The van der Waals surface area contributed by atoms with Crippen molar-refractivity contribution in [3.05, 3.63) is 34.9 Å². The molecule has 0 atom stereocenters. The Bertz CT molecular complexity index is 475. The average molecular weight is 291 g/mol. The van der Waals surface area contributed by atoms with E-state index in [1.807, 2.05) is 24.3 Å². The molecule has 0 spiro atoms. The molecule has 1 aromatic carbocycles. The van der Waals surface area contributed by atoms with Gasteiger partial charge in [0.1, 0.15) is 0 Å². The molecule has 0 aliphatic carbocycles. The monoisotopic (exact) mass is 290 g/mol. The summed E-state index contributed by atoms with van der Waals surface area (Å²) in [5.41, 5.74) is 1.11. The predicted octanol–water partition coefficient (Wildman–Crippen LogP) is 2.06. The lowest BCUT2D eigenvalue weighted by molar-refractivity contribution is 0.503. The summed E-state index contributed by atoms with van der Waals surface area (Å²) in [6.45, 7) is 0.449. The number of hydrogen-bond acceptors (Lipinski definition) is 2. The third-order valence-corrected chi connectivity index (χ3v) is 4.49. The zero-order chi connectivity index (χ0) is 13.6.